The summed E-state index contributed by atoms with van der Waals surface area (Å²) in [6, 6.07) is 16.1. The van der Waals surface area contributed by atoms with Crippen molar-refractivity contribution in [2.24, 2.45) is 12.8 Å². The highest BCUT2D eigenvalue weighted by Crippen LogP contribution is 2.25. The van der Waals surface area contributed by atoms with Gasteiger partial charge in [-0.05, 0) is 23.8 Å². The number of hydrogen-bond acceptors (Lipinski definition) is 2. The van der Waals surface area contributed by atoms with Crippen LogP contribution in [-0.2, 0) is 20.2 Å². The second kappa shape index (κ2) is 5.39. The maximum atomic E-state index is 5.86. The van der Waals surface area contributed by atoms with Gasteiger partial charge in [-0.2, -0.15) is 0 Å². The molecule has 3 nitrogen and oxygen atoms in total. The van der Waals surface area contributed by atoms with Crippen LogP contribution in [0.1, 0.15) is 11.1 Å². The number of rotatable bonds is 4. The van der Waals surface area contributed by atoms with E-state index in [0.29, 0.717) is 13.2 Å². The minimum Gasteiger partial charge on any atom is -0.489 e. The summed E-state index contributed by atoms with van der Waals surface area (Å²) in [5, 5.41) is 1.22. The monoisotopic (exact) mass is 266 g/mol. The van der Waals surface area contributed by atoms with Crippen LogP contribution in [0.3, 0.4) is 0 Å². The second-order valence-electron chi connectivity index (χ2n) is 4.88. The van der Waals surface area contributed by atoms with Crippen LogP contribution in [0.25, 0.3) is 10.9 Å². The molecule has 0 unspecified atom stereocenters. The first-order valence-electron chi connectivity index (χ1n) is 6.73. The Balaban J connectivity index is 1.95. The van der Waals surface area contributed by atoms with E-state index in [-0.39, 0.29) is 0 Å². The summed E-state index contributed by atoms with van der Waals surface area (Å²) in [6.07, 6.45) is 2.12. The average molecular weight is 266 g/mol. The lowest BCUT2D eigenvalue weighted by Crippen LogP contribution is -1.99. The molecule has 0 bridgehead atoms. The third kappa shape index (κ3) is 2.28. The van der Waals surface area contributed by atoms with Crippen molar-refractivity contribution in [1.29, 1.82) is 0 Å². The molecule has 3 aromatic rings. The van der Waals surface area contributed by atoms with Crippen molar-refractivity contribution in [2.45, 2.75) is 13.2 Å². The molecule has 102 valence electrons. The molecule has 0 aliphatic carbocycles. The Hall–Kier alpha value is -2.26. The first-order chi connectivity index (χ1) is 9.79. The normalized spacial score (nSPS) is 10.9. The number of ether oxygens (including phenoxy) is 1. The van der Waals surface area contributed by atoms with E-state index < -0.39 is 0 Å². The lowest BCUT2D eigenvalue weighted by molar-refractivity contribution is 0.307. The standard InChI is InChI=1S/C17H18N2O/c1-19-11-14(12-20-15-7-3-2-4-8-15)17-13(10-18)6-5-9-16(17)19/h2-9,11H,10,12,18H2,1H3. The molecule has 1 heterocycles. The molecule has 0 amide bonds. The molecular formula is C17H18N2O. The van der Waals surface area contributed by atoms with Gasteiger partial charge in [-0.15, -0.1) is 0 Å². The molecule has 0 spiro atoms. The first-order valence-corrected chi connectivity index (χ1v) is 6.73. The fourth-order valence-corrected chi connectivity index (χ4v) is 2.58. The predicted molar refractivity (Wildman–Crippen MR) is 81.6 cm³/mol. The summed E-state index contributed by atoms with van der Waals surface area (Å²) < 4.78 is 7.98. The summed E-state index contributed by atoms with van der Waals surface area (Å²) in [5.74, 6) is 0.884. The van der Waals surface area contributed by atoms with Gasteiger partial charge in [-0.1, -0.05) is 30.3 Å². The minimum absolute atomic E-state index is 0.541. The van der Waals surface area contributed by atoms with Gasteiger partial charge in [0.25, 0.3) is 0 Å². The zero-order valence-corrected chi connectivity index (χ0v) is 11.5. The molecule has 3 heteroatoms. The molecule has 20 heavy (non-hydrogen) atoms. The van der Waals surface area contributed by atoms with E-state index in [4.69, 9.17) is 10.5 Å². The highest BCUT2D eigenvalue weighted by molar-refractivity contribution is 5.87. The lowest BCUT2D eigenvalue weighted by Gasteiger charge is -2.07. The van der Waals surface area contributed by atoms with Crippen molar-refractivity contribution < 1.29 is 4.74 Å². The summed E-state index contributed by atoms with van der Waals surface area (Å²) >= 11 is 0. The van der Waals surface area contributed by atoms with E-state index in [1.54, 1.807) is 0 Å². The van der Waals surface area contributed by atoms with Gasteiger partial charge in [0.05, 0.1) is 0 Å². The number of nitrogens with zero attached hydrogens (tertiary/aromatic N) is 1. The number of benzene rings is 2. The molecule has 0 saturated carbocycles. The van der Waals surface area contributed by atoms with Crippen molar-refractivity contribution in [1.82, 2.24) is 4.57 Å². The smallest absolute Gasteiger partial charge is 0.119 e. The zero-order chi connectivity index (χ0) is 13.9. The SMILES string of the molecule is Cn1cc(COc2ccccc2)c2c(CN)cccc21. The van der Waals surface area contributed by atoms with Crippen molar-refractivity contribution in [2.75, 3.05) is 0 Å². The van der Waals surface area contributed by atoms with Crippen LogP contribution >= 0.6 is 0 Å². The number of aromatic nitrogens is 1. The molecule has 0 saturated heterocycles. The van der Waals surface area contributed by atoms with Crippen LogP contribution in [-0.4, -0.2) is 4.57 Å². The van der Waals surface area contributed by atoms with Gasteiger partial charge >= 0.3 is 0 Å². The third-order valence-electron chi connectivity index (χ3n) is 3.54. The largest absolute Gasteiger partial charge is 0.489 e. The molecule has 0 aliphatic heterocycles. The Morgan fingerprint density at radius 2 is 1.80 bits per heavy atom. The Kier molecular flexibility index (Phi) is 3.44. The van der Waals surface area contributed by atoms with Gasteiger partial charge in [0.2, 0.25) is 0 Å². The van der Waals surface area contributed by atoms with E-state index in [1.165, 1.54) is 16.5 Å². The molecule has 2 aromatic carbocycles. The summed E-state index contributed by atoms with van der Waals surface area (Å²) in [4.78, 5) is 0. The van der Waals surface area contributed by atoms with Crippen LogP contribution in [0.15, 0.2) is 54.7 Å². The van der Waals surface area contributed by atoms with Crippen LogP contribution in [0.2, 0.25) is 0 Å². The van der Waals surface area contributed by atoms with Gasteiger partial charge < -0.3 is 15.0 Å². The number of hydrogen-bond donors (Lipinski definition) is 1. The van der Waals surface area contributed by atoms with Gasteiger partial charge in [-0.25, -0.2) is 0 Å². The van der Waals surface area contributed by atoms with E-state index in [2.05, 4.69) is 29.9 Å². The molecular weight excluding hydrogens is 248 g/mol. The van der Waals surface area contributed by atoms with Gasteiger partial charge in [-0.3, -0.25) is 0 Å². The average Bonchev–Trinajstić information content (AvgIpc) is 2.83. The summed E-state index contributed by atoms with van der Waals surface area (Å²) in [7, 11) is 2.05. The van der Waals surface area contributed by atoms with E-state index in [0.717, 1.165) is 11.3 Å². The van der Waals surface area contributed by atoms with Gasteiger partial charge in [0, 0.05) is 36.3 Å². The van der Waals surface area contributed by atoms with Crippen molar-refractivity contribution >= 4 is 10.9 Å². The van der Waals surface area contributed by atoms with Gasteiger partial charge in [0.1, 0.15) is 12.4 Å². The predicted octanol–water partition coefficient (Wildman–Crippen LogP) is 3.22. The highest BCUT2D eigenvalue weighted by Gasteiger charge is 2.10. The van der Waals surface area contributed by atoms with Crippen LogP contribution in [0.5, 0.6) is 5.75 Å². The Bertz CT molecular complexity index is 716. The topological polar surface area (TPSA) is 40.2 Å². The highest BCUT2D eigenvalue weighted by atomic mass is 16.5. The number of nitrogens with two attached hydrogens (primary N) is 1. The maximum absolute atomic E-state index is 5.86. The molecule has 0 aliphatic rings. The molecule has 0 fully saturated rings. The molecule has 1 aromatic heterocycles. The molecule has 2 N–H and O–H groups in total. The Labute approximate surface area is 118 Å². The van der Waals surface area contributed by atoms with Crippen molar-refractivity contribution in [3.8, 4) is 5.75 Å². The number of para-hydroxylation sites is 1. The number of aryl methyl sites for hydroxylation is 1. The summed E-state index contributed by atoms with van der Waals surface area (Å²) in [5.41, 5.74) is 9.38. The zero-order valence-electron chi connectivity index (χ0n) is 11.5. The number of fused-ring (bicyclic) bond motifs is 1. The minimum atomic E-state index is 0.541. The van der Waals surface area contributed by atoms with Crippen molar-refractivity contribution in [3.05, 3.63) is 65.9 Å². The summed E-state index contributed by atoms with van der Waals surface area (Å²) in [6.45, 7) is 1.10. The van der Waals surface area contributed by atoms with Crippen LogP contribution in [0, 0.1) is 0 Å². The lowest BCUT2D eigenvalue weighted by atomic mass is 10.1. The van der Waals surface area contributed by atoms with E-state index in [9.17, 15) is 0 Å². The maximum Gasteiger partial charge on any atom is 0.119 e. The van der Waals surface area contributed by atoms with Crippen LogP contribution < -0.4 is 10.5 Å². The molecule has 0 radical (unpaired) electrons. The van der Waals surface area contributed by atoms with Gasteiger partial charge in [0.15, 0.2) is 0 Å². The Morgan fingerprint density at radius 1 is 1.00 bits per heavy atom. The quantitative estimate of drug-likeness (QED) is 0.787. The van der Waals surface area contributed by atoms with E-state index in [1.807, 2.05) is 36.4 Å². The van der Waals surface area contributed by atoms with Crippen LogP contribution in [0.4, 0.5) is 0 Å². The van der Waals surface area contributed by atoms with Crippen molar-refractivity contribution in [3.63, 3.8) is 0 Å². The fraction of sp³-hybridized carbons (Fsp3) is 0.176. The Morgan fingerprint density at radius 3 is 2.55 bits per heavy atom. The molecule has 3 rings (SSSR count). The first kappa shape index (κ1) is 12.8. The second-order valence-corrected chi connectivity index (χ2v) is 4.88. The fourth-order valence-electron chi connectivity index (χ4n) is 2.58. The third-order valence-corrected chi connectivity index (χ3v) is 3.54. The van der Waals surface area contributed by atoms with E-state index >= 15 is 0 Å². The molecule has 0 atom stereocenters.